The second-order valence-corrected chi connectivity index (χ2v) is 6.92. The maximum atomic E-state index is 14.2. The fourth-order valence-corrected chi connectivity index (χ4v) is 3.31. The highest BCUT2D eigenvalue weighted by atomic mass is 19.1. The predicted molar refractivity (Wildman–Crippen MR) is 109 cm³/mol. The topological polar surface area (TPSA) is 0 Å². The maximum absolute atomic E-state index is 14.2. The second-order valence-electron chi connectivity index (χ2n) is 6.92. The van der Waals surface area contributed by atoms with Crippen molar-refractivity contribution in [1.29, 1.82) is 0 Å². The molecule has 134 valence electrons. The quantitative estimate of drug-likeness (QED) is 0.441. The van der Waals surface area contributed by atoms with Gasteiger partial charge in [0, 0.05) is 0 Å². The van der Waals surface area contributed by atoms with Gasteiger partial charge in [-0.1, -0.05) is 80.9 Å². The molecule has 0 atom stereocenters. The largest absolute Gasteiger partial charge is 0.207 e. The number of halogens is 1. The van der Waals surface area contributed by atoms with Gasteiger partial charge >= 0.3 is 0 Å². The standard InChI is InChI=1S/C25H27F/c1-3-5-21-11-17-24(25(26)18-21)16-10-20-8-14-23(15-9-20)22-12-6-19(4-2)7-13-22/h6-9,11-15,17-18H,3-5,10,16H2,1-2H3. The number of hydrogen-bond donors (Lipinski definition) is 0. The molecule has 3 rings (SSSR count). The summed E-state index contributed by atoms with van der Waals surface area (Å²) in [5, 5.41) is 0. The molecule has 26 heavy (non-hydrogen) atoms. The Morgan fingerprint density at radius 3 is 1.73 bits per heavy atom. The van der Waals surface area contributed by atoms with Crippen molar-refractivity contribution in [3.63, 3.8) is 0 Å². The first kappa shape index (κ1) is 18.4. The molecule has 0 radical (unpaired) electrons. The first-order valence-corrected chi connectivity index (χ1v) is 9.65. The highest BCUT2D eigenvalue weighted by molar-refractivity contribution is 5.64. The molecule has 0 bridgehead atoms. The van der Waals surface area contributed by atoms with Crippen LogP contribution in [0.5, 0.6) is 0 Å². The molecule has 0 nitrogen and oxygen atoms in total. The summed E-state index contributed by atoms with van der Waals surface area (Å²) >= 11 is 0. The minimum absolute atomic E-state index is 0.0661. The Hall–Kier alpha value is -2.41. The predicted octanol–water partition coefficient (Wildman–Crippen LogP) is 6.79. The maximum Gasteiger partial charge on any atom is 0.126 e. The highest BCUT2D eigenvalue weighted by Gasteiger charge is 2.05. The first-order chi connectivity index (χ1) is 12.7. The Bertz CT molecular complexity index is 829. The third-order valence-corrected chi connectivity index (χ3v) is 4.99. The van der Waals surface area contributed by atoms with Crippen LogP contribution in [0.4, 0.5) is 4.39 Å². The van der Waals surface area contributed by atoms with Crippen LogP contribution in [-0.4, -0.2) is 0 Å². The van der Waals surface area contributed by atoms with Crippen LogP contribution in [0.15, 0.2) is 66.7 Å². The zero-order valence-corrected chi connectivity index (χ0v) is 15.8. The molecule has 0 fully saturated rings. The van der Waals surface area contributed by atoms with Crippen LogP contribution in [0.1, 0.15) is 42.5 Å². The van der Waals surface area contributed by atoms with E-state index in [4.69, 9.17) is 0 Å². The summed E-state index contributed by atoms with van der Waals surface area (Å²) in [5.74, 6) is -0.0661. The van der Waals surface area contributed by atoms with Crippen molar-refractivity contribution in [2.45, 2.75) is 46.0 Å². The van der Waals surface area contributed by atoms with Crippen LogP contribution in [0.2, 0.25) is 0 Å². The Balaban J connectivity index is 1.64. The van der Waals surface area contributed by atoms with Crippen LogP contribution >= 0.6 is 0 Å². The summed E-state index contributed by atoms with van der Waals surface area (Å²) in [5.41, 5.74) is 6.97. The van der Waals surface area contributed by atoms with Crippen molar-refractivity contribution >= 4 is 0 Å². The van der Waals surface area contributed by atoms with Crippen LogP contribution < -0.4 is 0 Å². The normalized spacial score (nSPS) is 10.9. The van der Waals surface area contributed by atoms with Gasteiger partial charge in [-0.2, -0.15) is 0 Å². The molecule has 1 heteroatoms. The SMILES string of the molecule is CCCc1ccc(CCc2ccc(-c3ccc(CC)cc3)cc2)c(F)c1. The highest BCUT2D eigenvalue weighted by Crippen LogP contribution is 2.21. The molecule has 0 N–H and O–H groups in total. The van der Waals surface area contributed by atoms with Crippen molar-refractivity contribution in [2.75, 3.05) is 0 Å². The molecular formula is C25H27F. The lowest BCUT2D eigenvalue weighted by Gasteiger charge is -2.08. The molecule has 0 spiro atoms. The minimum atomic E-state index is -0.0661. The van der Waals surface area contributed by atoms with E-state index in [2.05, 4.69) is 68.4 Å². The monoisotopic (exact) mass is 346 g/mol. The van der Waals surface area contributed by atoms with E-state index in [1.165, 1.54) is 22.3 Å². The van der Waals surface area contributed by atoms with Gasteiger partial charge in [0.05, 0.1) is 0 Å². The van der Waals surface area contributed by atoms with Gasteiger partial charge in [-0.15, -0.1) is 0 Å². The summed E-state index contributed by atoms with van der Waals surface area (Å²) < 4.78 is 14.2. The molecule has 0 amide bonds. The van der Waals surface area contributed by atoms with E-state index in [9.17, 15) is 4.39 Å². The molecule has 0 aliphatic heterocycles. The average molecular weight is 346 g/mol. The Kier molecular flexibility index (Phi) is 6.22. The molecule has 0 aliphatic rings. The summed E-state index contributed by atoms with van der Waals surface area (Å²) in [4.78, 5) is 0. The molecule has 3 aromatic rings. The van der Waals surface area contributed by atoms with Crippen molar-refractivity contribution in [3.8, 4) is 11.1 Å². The smallest absolute Gasteiger partial charge is 0.126 e. The summed E-state index contributed by atoms with van der Waals surface area (Å²) in [6.45, 7) is 4.29. The molecule has 0 saturated carbocycles. The second kappa shape index (κ2) is 8.80. The third-order valence-electron chi connectivity index (χ3n) is 4.99. The van der Waals surface area contributed by atoms with E-state index in [-0.39, 0.29) is 5.82 Å². The van der Waals surface area contributed by atoms with Crippen LogP contribution in [0, 0.1) is 5.82 Å². The van der Waals surface area contributed by atoms with Crippen molar-refractivity contribution < 1.29 is 4.39 Å². The van der Waals surface area contributed by atoms with E-state index in [0.717, 1.165) is 43.2 Å². The minimum Gasteiger partial charge on any atom is -0.207 e. The molecule has 0 aliphatic carbocycles. The molecule has 3 aromatic carbocycles. The fraction of sp³-hybridized carbons (Fsp3) is 0.280. The van der Waals surface area contributed by atoms with Crippen LogP contribution in [0.3, 0.4) is 0 Å². The van der Waals surface area contributed by atoms with Crippen LogP contribution in [-0.2, 0) is 25.7 Å². The Morgan fingerprint density at radius 1 is 0.615 bits per heavy atom. The van der Waals surface area contributed by atoms with Gasteiger partial charge in [0.2, 0.25) is 0 Å². The zero-order chi connectivity index (χ0) is 18.4. The lowest BCUT2D eigenvalue weighted by molar-refractivity contribution is 0.606. The van der Waals surface area contributed by atoms with Gasteiger partial charge in [0.25, 0.3) is 0 Å². The zero-order valence-electron chi connectivity index (χ0n) is 15.8. The van der Waals surface area contributed by atoms with Gasteiger partial charge < -0.3 is 0 Å². The lowest BCUT2D eigenvalue weighted by atomic mass is 9.98. The van der Waals surface area contributed by atoms with E-state index in [0.29, 0.717) is 0 Å². The average Bonchev–Trinajstić information content (AvgIpc) is 2.68. The van der Waals surface area contributed by atoms with Gasteiger partial charge in [0.1, 0.15) is 5.82 Å². The Labute approximate surface area is 156 Å². The van der Waals surface area contributed by atoms with E-state index >= 15 is 0 Å². The van der Waals surface area contributed by atoms with E-state index in [1.54, 1.807) is 6.07 Å². The molecule has 0 unspecified atom stereocenters. The van der Waals surface area contributed by atoms with Crippen molar-refractivity contribution in [2.24, 2.45) is 0 Å². The van der Waals surface area contributed by atoms with Crippen LogP contribution in [0.25, 0.3) is 11.1 Å². The summed E-state index contributed by atoms with van der Waals surface area (Å²) in [7, 11) is 0. The van der Waals surface area contributed by atoms with E-state index < -0.39 is 0 Å². The third kappa shape index (κ3) is 4.60. The summed E-state index contributed by atoms with van der Waals surface area (Å²) in [6, 6.07) is 23.1. The van der Waals surface area contributed by atoms with Crippen molar-refractivity contribution in [1.82, 2.24) is 0 Å². The lowest BCUT2D eigenvalue weighted by Crippen LogP contribution is -1.96. The van der Waals surface area contributed by atoms with Gasteiger partial charge in [-0.3, -0.25) is 0 Å². The van der Waals surface area contributed by atoms with Gasteiger partial charge in [-0.25, -0.2) is 4.39 Å². The molecular weight excluding hydrogens is 319 g/mol. The van der Waals surface area contributed by atoms with Gasteiger partial charge in [-0.05, 0) is 65.1 Å². The first-order valence-electron chi connectivity index (χ1n) is 9.65. The number of aryl methyl sites for hydroxylation is 4. The molecule has 0 aromatic heterocycles. The van der Waals surface area contributed by atoms with Crippen molar-refractivity contribution in [3.05, 3.63) is 94.8 Å². The number of benzene rings is 3. The molecule has 0 saturated heterocycles. The van der Waals surface area contributed by atoms with Gasteiger partial charge in [0.15, 0.2) is 0 Å². The summed E-state index contributed by atoms with van der Waals surface area (Å²) in [6.07, 6.45) is 4.65. The Morgan fingerprint density at radius 2 is 1.19 bits per heavy atom. The number of rotatable bonds is 7. The fourth-order valence-electron chi connectivity index (χ4n) is 3.31. The molecule has 0 heterocycles. The number of hydrogen-bond acceptors (Lipinski definition) is 0. The van der Waals surface area contributed by atoms with E-state index in [1.807, 2.05) is 6.07 Å².